The number of anilines is 2. The van der Waals surface area contributed by atoms with Crippen molar-refractivity contribution in [2.24, 2.45) is 17.8 Å². The molecule has 3 fully saturated rings. The van der Waals surface area contributed by atoms with Gasteiger partial charge in [0.1, 0.15) is 11.6 Å². The van der Waals surface area contributed by atoms with E-state index >= 15 is 0 Å². The number of aliphatic hydroxyl groups is 1. The molecule has 2 amide bonds. The summed E-state index contributed by atoms with van der Waals surface area (Å²) in [6.07, 6.45) is 1.16. The third kappa shape index (κ3) is 4.72. The Hall–Kier alpha value is -2.65. The minimum Gasteiger partial charge on any atom is -0.466 e. The van der Waals surface area contributed by atoms with Gasteiger partial charge in [-0.15, -0.1) is 0 Å². The predicted molar refractivity (Wildman–Crippen MR) is 140 cm³/mol. The number of nitrogens with zero attached hydrogens (tertiary/aromatic N) is 2. The lowest BCUT2D eigenvalue weighted by atomic mass is 9.70. The second-order valence-electron chi connectivity index (χ2n) is 10.7. The van der Waals surface area contributed by atoms with Crippen LogP contribution in [0.1, 0.15) is 53.9 Å². The molecule has 0 aromatic heterocycles. The van der Waals surface area contributed by atoms with Crippen LogP contribution in [-0.4, -0.2) is 77.9 Å². The van der Waals surface area contributed by atoms with Gasteiger partial charge in [0.25, 0.3) is 0 Å². The molecule has 0 radical (unpaired) electrons. The van der Waals surface area contributed by atoms with Crippen molar-refractivity contribution < 1.29 is 29.0 Å². The molecule has 4 rings (SSSR count). The topological polar surface area (TPSA) is 108 Å². The average Bonchev–Trinajstić information content (AvgIpc) is 3.51. The van der Waals surface area contributed by atoms with Crippen molar-refractivity contribution in [2.45, 2.75) is 77.7 Å². The van der Waals surface area contributed by atoms with Gasteiger partial charge in [0.2, 0.25) is 11.8 Å². The number of hydrogen-bond acceptors (Lipinski definition) is 7. The van der Waals surface area contributed by atoms with E-state index in [0.717, 1.165) is 18.8 Å². The van der Waals surface area contributed by atoms with E-state index in [1.807, 2.05) is 38.1 Å². The largest absolute Gasteiger partial charge is 0.466 e. The number of hydrogen-bond donors (Lipinski definition) is 2. The van der Waals surface area contributed by atoms with E-state index in [-0.39, 0.29) is 30.9 Å². The normalized spacial score (nSPS) is 28.9. The summed E-state index contributed by atoms with van der Waals surface area (Å²) in [5, 5.41) is 13.3. The number of esters is 1. The number of aliphatic hydroxyl groups excluding tert-OH is 1. The molecule has 2 unspecified atom stereocenters. The summed E-state index contributed by atoms with van der Waals surface area (Å²) in [6.45, 7) is 11.6. The quantitative estimate of drug-likeness (QED) is 0.436. The first kappa shape index (κ1) is 27.4. The van der Waals surface area contributed by atoms with Crippen LogP contribution in [0.2, 0.25) is 0 Å². The van der Waals surface area contributed by atoms with Crippen molar-refractivity contribution in [1.29, 1.82) is 0 Å². The monoisotopic (exact) mass is 515 g/mol. The van der Waals surface area contributed by atoms with Crippen molar-refractivity contribution in [3.05, 3.63) is 24.3 Å². The first-order valence-corrected chi connectivity index (χ1v) is 13.7. The van der Waals surface area contributed by atoms with E-state index in [9.17, 15) is 19.5 Å². The predicted octanol–water partition coefficient (Wildman–Crippen LogP) is 2.82. The lowest BCUT2D eigenvalue weighted by Crippen LogP contribution is -2.56. The molecule has 1 aromatic carbocycles. The van der Waals surface area contributed by atoms with Crippen molar-refractivity contribution in [3.63, 3.8) is 0 Å². The van der Waals surface area contributed by atoms with Gasteiger partial charge in [0.05, 0.1) is 37.2 Å². The minimum atomic E-state index is -1.12. The fraction of sp³-hybridized carbons (Fsp3) is 0.679. The highest BCUT2D eigenvalue weighted by Gasteiger charge is 2.75. The Labute approximate surface area is 219 Å². The maximum Gasteiger partial charge on any atom is 0.312 e. The number of amides is 2. The fourth-order valence-corrected chi connectivity index (χ4v) is 6.67. The molecule has 3 saturated heterocycles. The van der Waals surface area contributed by atoms with Crippen molar-refractivity contribution >= 4 is 29.2 Å². The van der Waals surface area contributed by atoms with Gasteiger partial charge in [-0.2, -0.15) is 0 Å². The van der Waals surface area contributed by atoms with Gasteiger partial charge in [-0.25, -0.2) is 0 Å². The third-order valence-electron chi connectivity index (χ3n) is 8.16. The zero-order chi connectivity index (χ0) is 26.9. The van der Waals surface area contributed by atoms with E-state index in [4.69, 9.17) is 9.47 Å². The standard InChI is InChI=1S/C28H41N3O6/c1-6-30(7-2)19-11-9-18(10-12-19)29-25(33)24-28-14-13-21(37-28)22(27(35)36-8-3)23(28)26(34)31(24)20(16-32)15-17(4)5/h9-12,17,20-24,32H,6-8,13-16H2,1-5H3,(H,29,33)/t20-,21+,22-,23+,24?,28?/m1/s1. The fourth-order valence-electron chi connectivity index (χ4n) is 6.67. The minimum absolute atomic E-state index is 0.192. The zero-order valence-electron chi connectivity index (χ0n) is 22.6. The molecule has 6 atom stereocenters. The van der Waals surface area contributed by atoms with Crippen LogP contribution in [0.3, 0.4) is 0 Å². The number of rotatable bonds is 11. The summed E-state index contributed by atoms with van der Waals surface area (Å²) >= 11 is 0. The lowest BCUT2D eigenvalue weighted by molar-refractivity contribution is -0.155. The average molecular weight is 516 g/mol. The van der Waals surface area contributed by atoms with E-state index in [2.05, 4.69) is 24.1 Å². The van der Waals surface area contributed by atoms with Gasteiger partial charge in [0.15, 0.2) is 0 Å². The Morgan fingerprint density at radius 1 is 1.22 bits per heavy atom. The van der Waals surface area contributed by atoms with Gasteiger partial charge < -0.3 is 29.7 Å². The SMILES string of the molecule is CCOC(=O)[C@@H]1[C@@H]2CCC3(O2)C(C(=O)Nc2ccc(N(CC)CC)cc2)N([C@@H](CO)CC(C)C)C(=O)[C@H]13. The van der Waals surface area contributed by atoms with Gasteiger partial charge >= 0.3 is 5.97 Å². The molecule has 9 heteroatoms. The van der Waals surface area contributed by atoms with Gasteiger partial charge in [-0.05, 0) is 70.2 Å². The number of ether oxygens (including phenoxy) is 2. The first-order valence-electron chi connectivity index (χ1n) is 13.7. The third-order valence-corrected chi connectivity index (χ3v) is 8.16. The van der Waals surface area contributed by atoms with E-state index < -0.39 is 41.6 Å². The molecule has 2 N–H and O–H groups in total. The number of benzene rings is 1. The molecule has 3 aliphatic rings. The zero-order valence-corrected chi connectivity index (χ0v) is 22.6. The van der Waals surface area contributed by atoms with Crippen molar-refractivity contribution in [2.75, 3.05) is 36.5 Å². The van der Waals surface area contributed by atoms with Gasteiger partial charge in [-0.1, -0.05) is 13.8 Å². The van der Waals surface area contributed by atoms with Crippen LogP contribution in [0, 0.1) is 17.8 Å². The van der Waals surface area contributed by atoms with Gasteiger partial charge in [-0.3, -0.25) is 14.4 Å². The highest BCUT2D eigenvalue weighted by Crippen LogP contribution is 2.59. The molecule has 9 nitrogen and oxygen atoms in total. The summed E-state index contributed by atoms with van der Waals surface area (Å²) in [6, 6.07) is 6.13. The van der Waals surface area contributed by atoms with Crippen LogP contribution < -0.4 is 10.2 Å². The van der Waals surface area contributed by atoms with Crippen LogP contribution in [0.5, 0.6) is 0 Å². The highest BCUT2D eigenvalue weighted by atomic mass is 16.6. The van der Waals surface area contributed by atoms with Crippen molar-refractivity contribution in [1.82, 2.24) is 4.90 Å². The molecular weight excluding hydrogens is 474 g/mol. The molecule has 3 aliphatic heterocycles. The summed E-state index contributed by atoms with van der Waals surface area (Å²) in [5.41, 5.74) is 0.563. The highest BCUT2D eigenvalue weighted by molar-refractivity contribution is 6.03. The van der Waals surface area contributed by atoms with E-state index in [1.54, 1.807) is 6.92 Å². The maximum absolute atomic E-state index is 14.0. The lowest BCUT2D eigenvalue weighted by Gasteiger charge is -2.37. The van der Waals surface area contributed by atoms with E-state index in [1.165, 1.54) is 4.90 Å². The Kier molecular flexibility index (Phi) is 8.14. The smallest absolute Gasteiger partial charge is 0.312 e. The van der Waals surface area contributed by atoms with Crippen LogP contribution >= 0.6 is 0 Å². The number of carbonyl (C=O) groups is 3. The van der Waals surface area contributed by atoms with Gasteiger partial charge in [0, 0.05) is 24.5 Å². The Morgan fingerprint density at radius 2 is 1.89 bits per heavy atom. The molecule has 3 heterocycles. The van der Waals surface area contributed by atoms with Crippen LogP contribution in [0.4, 0.5) is 11.4 Å². The molecule has 1 spiro atoms. The molecule has 1 aromatic rings. The van der Waals surface area contributed by atoms with Crippen LogP contribution in [-0.2, 0) is 23.9 Å². The second-order valence-corrected chi connectivity index (χ2v) is 10.7. The summed E-state index contributed by atoms with van der Waals surface area (Å²) in [5.74, 6) is -2.47. The van der Waals surface area contributed by atoms with E-state index in [0.29, 0.717) is 24.9 Å². The summed E-state index contributed by atoms with van der Waals surface area (Å²) in [7, 11) is 0. The molecule has 204 valence electrons. The molecular formula is C28H41N3O6. The molecule has 0 aliphatic carbocycles. The molecule has 2 bridgehead atoms. The van der Waals surface area contributed by atoms with Crippen LogP contribution in [0.15, 0.2) is 24.3 Å². The number of carbonyl (C=O) groups excluding carboxylic acids is 3. The second kappa shape index (κ2) is 11.0. The Bertz CT molecular complexity index is 994. The number of likely N-dealkylation sites (tertiary alicyclic amines) is 1. The molecule has 0 saturated carbocycles. The maximum atomic E-state index is 14.0. The Morgan fingerprint density at radius 3 is 2.46 bits per heavy atom. The number of nitrogens with one attached hydrogen (secondary N) is 1. The molecule has 37 heavy (non-hydrogen) atoms. The summed E-state index contributed by atoms with van der Waals surface area (Å²) in [4.78, 5) is 44.6. The Balaban J connectivity index is 1.68. The number of fused-ring (bicyclic) bond motifs is 1. The first-order chi connectivity index (χ1) is 17.7. The van der Waals surface area contributed by atoms with Crippen LogP contribution in [0.25, 0.3) is 0 Å². The summed E-state index contributed by atoms with van der Waals surface area (Å²) < 4.78 is 11.7. The van der Waals surface area contributed by atoms with Crippen molar-refractivity contribution in [3.8, 4) is 0 Å².